The molecule has 1 aromatic rings. The Labute approximate surface area is 98.5 Å². The fraction of sp³-hybridized carbons (Fsp3) is 0.556. The number of nitrogens with zero attached hydrogens (tertiary/aromatic N) is 3. The Balaban J connectivity index is 2.35. The van der Waals surface area contributed by atoms with Gasteiger partial charge in [0, 0.05) is 6.54 Å². The van der Waals surface area contributed by atoms with E-state index in [1.54, 1.807) is 0 Å². The van der Waals surface area contributed by atoms with Gasteiger partial charge in [0.15, 0.2) is 10.3 Å². The van der Waals surface area contributed by atoms with E-state index in [0.29, 0.717) is 4.88 Å². The molecule has 82 valence electrons. The summed E-state index contributed by atoms with van der Waals surface area (Å²) in [6, 6.07) is 2.00. The topological polar surface area (TPSA) is 52.0 Å². The summed E-state index contributed by atoms with van der Waals surface area (Å²) in [5, 5.41) is 12.8. The van der Waals surface area contributed by atoms with Crippen molar-refractivity contribution < 1.29 is 0 Å². The quantitative estimate of drug-likeness (QED) is 0.806. The number of aromatic nitrogens is 1. The van der Waals surface area contributed by atoms with Crippen LogP contribution in [0.4, 0.5) is 5.13 Å². The molecule has 0 aliphatic rings. The van der Waals surface area contributed by atoms with Gasteiger partial charge in [-0.2, -0.15) is 5.26 Å². The standard InChI is InChI=1S/C9H13ClN4S/c1-14(2)5-3-4-12-9-13-8(10)7(6-11)15-9/h3-5H2,1-2H3,(H,12,13). The number of anilines is 1. The van der Waals surface area contributed by atoms with E-state index in [2.05, 4.69) is 15.2 Å². The second-order valence-electron chi connectivity index (χ2n) is 3.33. The van der Waals surface area contributed by atoms with Crippen LogP contribution in [0.25, 0.3) is 0 Å². The number of nitriles is 1. The zero-order chi connectivity index (χ0) is 11.3. The maximum Gasteiger partial charge on any atom is 0.185 e. The molecule has 0 aromatic carbocycles. The van der Waals surface area contributed by atoms with Crippen LogP contribution in [-0.2, 0) is 0 Å². The molecule has 15 heavy (non-hydrogen) atoms. The van der Waals surface area contributed by atoms with Crippen molar-refractivity contribution in [3.05, 3.63) is 10.0 Å². The second kappa shape index (κ2) is 5.91. The Hall–Kier alpha value is -0.830. The Morgan fingerprint density at radius 3 is 2.87 bits per heavy atom. The van der Waals surface area contributed by atoms with Crippen LogP contribution in [0.5, 0.6) is 0 Å². The molecule has 6 heteroatoms. The van der Waals surface area contributed by atoms with Crippen LogP contribution < -0.4 is 5.32 Å². The summed E-state index contributed by atoms with van der Waals surface area (Å²) in [4.78, 5) is 6.62. The number of rotatable bonds is 5. The highest BCUT2D eigenvalue weighted by atomic mass is 35.5. The predicted molar refractivity (Wildman–Crippen MR) is 63.5 cm³/mol. The Bertz CT molecular complexity index is 355. The number of hydrogen-bond acceptors (Lipinski definition) is 5. The van der Waals surface area contributed by atoms with Gasteiger partial charge in [-0.15, -0.1) is 0 Å². The normalized spacial score (nSPS) is 10.3. The molecule has 0 saturated heterocycles. The minimum atomic E-state index is 0.289. The maximum absolute atomic E-state index is 8.68. The van der Waals surface area contributed by atoms with E-state index in [1.165, 1.54) is 11.3 Å². The lowest BCUT2D eigenvalue weighted by Crippen LogP contribution is -2.16. The van der Waals surface area contributed by atoms with Crippen molar-refractivity contribution in [3.8, 4) is 6.07 Å². The zero-order valence-corrected chi connectivity index (χ0v) is 10.3. The highest BCUT2D eigenvalue weighted by molar-refractivity contribution is 7.16. The monoisotopic (exact) mass is 244 g/mol. The third-order valence-corrected chi connectivity index (χ3v) is 3.05. The molecule has 0 amide bonds. The SMILES string of the molecule is CN(C)CCCNc1nc(Cl)c(C#N)s1. The van der Waals surface area contributed by atoms with E-state index in [1.807, 2.05) is 20.2 Å². The number of thiazole rings is 1. The predicted octanol–water partition coefficient (Wildman–Crippen LogP) is 2.03. The first-order valence-corrected chi connectivity index (χ1v) is 5.78. The molecule has 0 aliphatic carbocycles. The van der Waals surface area contributed by atoms with Gasteiger partial charge >= 0.3 is 0 Å². The van der Waals surface area contributed by atoms with Gasteiger partial charge in [0.05, 0.1) is 0 Å². The van der Waals surface area contributed by atoms with E-state index in [4.69, 9.17) is 16.9 Å². The lowest BCUT2D eigenvalue weighted by molar-refractivity contribution is 0.405. The molecule has 0 spiro atoms. The first-order valence-electron chi connectivity index (χ1n) is 4.58. The molecule has 1 rings (SSSR count). The zero-order valence-electron chi connectivity index (χ0n) is 8.75. The molecule has 0 radical (unpaired) electrons. The van der Waals surface area contributed by atoms with Crippen LogP contribution in [0.15, 0.2) is 0 Å². The van der Waals surface area contributed by atoms with Crippen LogP contribution in [0.2, 0.25) is 5.15 Å². The third-order valence-electron chi connectivity index (χ3n) is 1.75. The third kappa shape index (κ3) is 4.04. The van der Waals surface area contributed by atoms with Crippen LogP contribution in [0, 0.1) is 11.3 Å². The molecule has 0 aliphatic heterocycles. The Kier molecular flexibility index (Phi) is 4.82. The molecular weight excluding hydrogens is 232 g/mol. The second-order valence-corrected chi connectivity index (χ2v) is 4.69. The number of hydrogen-bond donors (Lipinski definition) is 1. The van der Waals surface area contributed by atoms with Gasteiger partial charge in [-0.3, -0.25) is 0 Å². The molecule has 4 nitrogen and oxygen atoms in total. The molecule has 0 saturated carbocycles. The van der Waals surface area contributed by atoms with Gasteiger partial charge in [0.1, 0.15) is 10.9 Å². The molecule has 0 atom stereocenters. The van der Waals surface area contributed by atoms with Crippen molar-refractivity contribution >= 4 is 28.1 Å². The summed E-state index contributed by atoms with van der Waals surface area (Å²) < 4.78 is 0. The van der Waals surface area contributed by atoms with E-state index < -0.39 is 0 Å². The average molecular weight is 245 g/mol. The Morgan fingerprint density at radius 1 is 1.60 bits per heavy atom. The fourth-order valence-corrected chi connectivity index (χ4v) is 2.01. The highest BCUT2D eigenvalue weighted by Crippen LogP contribution is 2.25. The summed E-state index contributed by atoms with van der Waals surface area (Å²) in [6.45, 7) is 1.87. The smallest absolute Gasteiger partial charge is 0.185 e. The van der Waals surface area contributed by atoms with Crippen molar-refractivity contribution in [1.29, 1.82) is 5.26 Å². The molecule has 0 unspecified atom stereocenters. The molecule has 1 N–H and O–H groups in total. The van der Waals surface area contributed by atoms with Gasteiger partial charge in [-0.1, -0.05) is 22.9 Å². The Morgan fingerprint density at radius 2 is 2.33 bits per heavy atom. The van der Waals surface area contributed by atoms with E-state index in [-0.39, 0.29) is 5.15 Å². The summed E-state index contributed by atoms with van der Waals surface area (Å²) in [5.74, 6) is 0. The van der Waals surface area contributed by atoms with Crippen LogP contribution in [-0.4, -0.2) is 37.1 Å². The average Bonchev–Trinajstić information content (AvgIpc) is 2.53. The van der Waals surface area contributed by atoms with Crippen molar-refractivity contribution in [2.24, 2.45) is 0 Å². The van der Waals surface area contributed by atoms with E-state index in [9.17, 15) is 0 Å². The largest absolute Gasteiger partial charge is 0.361 e. The van der Waals surface area contributed by atoms with Crippen molar-refractivity contribution in [2.45, 2.75) is 6.42 Å². The molecule has 1 aromatic heterocycles. The molecular formula is C9H13ClN4S. The summed E-state index contributed by atoms with van der Waals surface area (Å²) in [7, 11) is 4.07. The van der Waals surface area contributed by atoms with E-state index in [0.717, 1.165) is 24.6 Å². The van der Waals surface area contributed by atoms with Gasteiger partial charge in [0.25, 0.3) is 0 Å². The van der Waals surface area contributed by atoms with Gasteiger partial charge in [-0.05, 0) is 27.1 Å². The van der Waals surface area contributed by atoms with E-state index >= 15 is 0 Å². The summed E-state index contributed by atoms with van der Waals surface area (Å²) in [6.07, 6.45) is 1.03. The minimum Gasteiger partial charge on any atom is -0.361 e. The molecule has 0 fully saturated rings. The van der Waals surface area contributed by atoms with Gasteiger partial charge < -0.3 is 10.2 Å². The lowest BCUT2D eigenvalue weighted by atomic mass is 10.4. The van der Waals surface area contributed by atoms with Crippen molar-refractivity contribution in [3.63, 3.8) is 0 Å². The highest BCUT2D eigenvalue weighted by Gasteiger charge is 2.07. The van der Waals surface area contributed by atoms with Crippen LogP contribution in [0.1, 0.15) is 11.3 Å². The van der Waals surface area contributed by atoms with Crippen molar-refractivity contribution in [2.75, 3.05) is 32.5 Å². The lowest BCUT2D eigenvalue weighted by Gasteiger charge is -2.08. The minimum absolute atomic E-state index is 0.289. The van der Waals surface area contributed by atoms with Gasteiger partial charge in [-0.25, -0.2) is 4.98 Å². The number of nitrogens with one attached hydrogen (secondary N) is 1. The van der Waals surface area contributed by atoms with Crippen LogP contribution >= 0.6 is 22.9 Å². The van der Waals surface area contributed by atoms with Crippen molar-refractivity contribution in [1.82, 2.24) is 9.88 Å². The first-order chi connectivity index (χ1) is 7.13. The van der Waals surface area contributed by atoms with Gasteiger partial charge in [0.2, 0.25) is 0 Å². The molecule has 0 bridgehead atoms. The molecule has 1 heterocycles. The van der Waals surface area contributed by atoms with Crippen LogP contribution in [0.3, 0.4) is 0 Å². The first kappa shape index (κ1) is 12.2. The summed E-state index contributed by atoms with van der Waals surface area (Å²) >= 11 is 7.03. The fourth-order valence-electron chi connectivity index (χ4n) is 1.04. The maximum atomic E-state index is 8.68. The number of halogens is 1. The summed E-state index contributed by atoms with van der Waals surface area (Å²) in [5.41, 5.74) is 0.